The van der Waals surface area contributed by atoms with Gasteiger partial charge in [0.25, 0.3) is 5.91 Å². The van der Waals surface area contributed by atoms with E-state index in [-0.39, 0.29) is 12.0 Å². The molecule has 4 heterocycles. The third-order valence-electron chi connectivity index (χ3n) is 6.81. The van der Waals surface area contributed by atoms with Crippen molar-refractivity contribution >= 4 is 28.4 Å². The summed E-state index contributed by atoms with van der Waals surface area (Å²) in [6, 6.07) is 13.4. The van der Waals surface area contributed by atoms with Crippen LogP contribution in [0, 0.1) is 5.92 Å². The number of ether oxygens (including phenoxy) is 1. The van der Waals surface area contributed by atoms with Gasteiger partial charge in [0, 0.05) is 61.2 Å². The van der Waals surface area contributed by atoms with E-state index in [1.54, 1.807) is 12.4 Å². The molecule has 4 aromatic rings. The first kappa shape index (κ1) is 24.7. The molecular formula is C28H33N7O2. The first-order chi connectivity index (χ1) is 17.9. The second-order valence-electron chi connectivity index (χ2n) is 9.91. The number of nitrogens with zero attached hydrogens (tertiary/aromatic N) is 5. The molecule has 9 nitrogen and oxygen atoms in total. The Kier molecular flexibility index (Phi) is 7.05. The highest BCUT2D eigenvalue weighted by molar-refractivity contribution is 5.98. The van der Waals surface area contributed by atoms with Crippen LogP contribution in [0.25, 0.3) is 22.3 Å². The van der Waals surface area contributed by atoms with Crippen LogP contribution >= 0.6 is 0 Å². The molecule has 2 N–H and O–H groups in total. The Morgan fingerprint density at radius 3 is 2.54 bits per heavy atom. The fourth-order valence-corrected chi connectivity index (χ4v) is 4.17. The van der Waals surface area contributed by atoms with Gasteiger partial charge in [-0.05, 0) is 56.3 Å². The zero-order chi connectivity index (χ0) is 25.9. The molecule has 1 saturated heterocycles. The average molecular weight is 500 g/mol. The predicted molar refractivity (Wildman–Crippen MR) is 145 cm³/mol. The minimum absolute atomic E-state index is 0.0383. The fraction of sp³-hybridized carbons (Fsp3) is 0.357. The maximum absolute atomic E-state index is 13.0. The Bertz CT molecular complexity index is 1390. The number of H-pyrrole nitrogens is 1. The Balaban J connectivity index is 1.31. The molecule has 192 valence electrons. The van der Waals surface area contributed by atoms with Crippen molar-refractivity contribution < 1.29 is 9.53 Å². The molecule has 0 aliphatic carbocycles. The van der Waals surface area contributed by atoms with Crippen molar-refractivity contribution in [3.8, 4) is 17.1 Å². The Hall–Kier alpha value is -3.98. The van der Waals surface area contributed by atoms with Crippen molar-refractivity contribution in [2.24, 2.45) is 5.92 Å². The van der Waals surface area contributed by atoms with Gasteiger partial charge in [-0.3, -0.25) is 9.78 Å². The van der Waals surface area contributed by atoms with Gasteiger partial charge in [-0.1, -0.05) is 13.8 Å². The summed E-state index contributed by atoms with van der Waals surface area (Å²) in [5, 5.41) is 4.23. The van der Waals surface area contributed by atoms with Crippen LogP contribution in [0.2, 0.25) is 0 Å². The van der Waals surface area contributed by atoms with Gasteiger partial charge in [0.15, 0.2) is 0 Å². The number of aromatic nitrogens is 4. The van der Waals surface area contributed by atoms with E-state index in [1.807, 2.05) is 47.4 Å². The quantitative estimate of drug-likeness (QED) is 0.384. The minimum atomic E-state index is 0.0383. The minimum Gasteiger partial charge on any atom is -0.490 e. The Morgan fingerprint density at radius 2 is 1.76 bits per heavy atom. The number of benzene rings is 1. The number of pyridine rings is 1. The molecule has 1 aliphatic heterocycles. The molecule has 9 heteroatoms. The maximum atomic E-state index is 13.0. The molecule has 1 amide bonds. The zero-order valence-electron chi connectivity index (χ0n) is 21.7. The largest absolute Gasteiger partial charge is 0.490 e. The lowest BCUT2D eigenvalue weighted by Gasteiger charge is -2.32. The molecular weight excluding hydrogens is 466 g/mol. The molecule has 1 fully saturated rings. The summed E-state index contributed by atoms with van der Waals surface area (Å²) in [6.45, 7) is 9.59. The monoisotopic (exact) mass is 499 g/mol. The zero-order valence-corrected chi connectivity index (χ0v) is 21.7. The van der Waals surface area contributed by atoms with Crippen LogP contribution in [0.5, 0.6) is 5.75 Å². The highest BCUT2D eigenvalue weighted by Crippen LogP contribution is 2.25. The molecule has 0 radical (unpaired) electrons. The number of likely N-dealkylation sites (N-methyl/N-ethyl adjacent to an activating group) is 1. The summed E-state index contributed by atoms with van der Waals surface area (Å²) in [7, 11) is 2.08. The average Bonchev–Trinajstić information content (AvgIpc) is 3.32. The third kappa shape index (κ3) is 5.72. The van der Waals surface area contributed by atoms with Crippen molar-refractivity contribution in [1.82, 2.24) is 29.7 Å². The van der Waals surface area contributed by atoms with E-state index in [4.69, 9.17) is 4.74 Å². The van der Waals surface area contributed by atoms with Crippen molar-refractivity contribution in [3.05, 3.63) is 60.6 Å². The van der Waals surface area contributed by atoms with Crippen molar-refractivity contribution in [1.29, 1.82) is 0 Å². The molecule has 0 saturated carbocycles. The van der Waals surface area contributed by atoms with E-state index in [2.05, 4.69) is 58.0 Å². The van der Waals surface area contributed by atoms with Crippen LogP contribution in [-0.4, -0.2) is 75.0 Å². The van der Waals surface area contributed by atoms with Crippen LogP contribution in [-0.2, 0) is 0 Å². The lowest BCUT2D eigenvalue weighted by atomic mass is 10.1. The molecule has 3 aromatic heterocycles. The number of fused-ring (bicyclic) bond motifs is 1. The number of nitrogens with one attached hydrogen (secondary N) is 2. The van der Waals surface area contributed by atoms with E-state index in [1.165, 1.54) is 0 Å². The summed E-state index contributed by atoms with van der Waals surface area (Å²) in [5.74, 6) is 1.67. The van der Waals surface area contributed by atoms with Crippen LogP contribution in [0.4, 0.5) is 11.6 Å². The van der Waals surface area contributed by atoms with E-state index >= 15 is 0 Å². The summed E-state index contributed by atoms with van der Waals surface area (Å²) in [5.41, 5.74) is 3.76. The van der Waals surface area contributed by atoms with E-state index in [0.29, 0.717) is 28.9 Å². The van der Waals surface area contributed by atoms with Crippen molar-refractivity contribution in [2.45, 2.75) is 26.9 Å². The lowest BCUT2D eigenvalue weighted by Crippen LogP contribution is -2.47. The van der Waals surface area contributed by atoms with Gasteiger partial charge in [0.2, 0.25) is 5.95 Å². The number of hydrogen-bond donors (Lipinski definition) is 2. The molecule has 37 heavy (non-hydrogen) atoms. The number of aromatic amines is 1. The number of rotatable bonds is 7. The van der Waals surface area contributed by atoms with Gasteiger partial charge < -0.3 is 24.8 Å². The smallest absolute Gasteiger partial charge is 0.270 e. The first-order valence-corrected chi connectivity index (χ1v) is 12.7. The molecule has 1 atom stereocenters. The fourth-order valence-electron chi connectivity index (χ4n) is 4.17. The van der Waals surface area contributed by atoms with E-state index < -0.39 is 0 Å². The van der Waals surface area contributed by atoms with Gasteiger partial charge in [0.1, 0.15) is 11.4 Å². The molecule has 1 aromatic carbocycles. The topological polar surface area (TPSA) is 99.3 Å². The molecule has 1 aliphatic rings. The number of amides is 1. The molecule has 0 spiro atoms. The third-order valence-corrected chi connectivity index (χ3v) is 6.81. The van der Waals surface area contributed by atoms with Gasteiger partial charge in [-0.25, -0.2) is 9.97 Å². The number of carbonyl (C=O) groups excluding carboxylic acids is 1. The van der Waals surface area contributed by atoms with Crippen LogP contribution in [0.3, 0.4) is 0 Å². The number of carbonyl (C=O) groups is 1. The molecule has 0 unspecified atom stereocenters. The second kappa shape index (κ2) is 10.6. The van der Waals surface area contributed by atoms with Gasteiger partial charge >= 0.3 is 0 Å². The second-order valence-corrected chi connectivity index (χ2v) is 9.91. The van der Waals surface area contributed by atoms with Crippen LogP contribution < -0.4 is 10.1 Å². The van der Waals surface area contributed by atoms with Crippen LogP contribution in [0.15, 0.2) is 54.9 Å². The van der Waals surface area contributed by atoms with E-state index in [9.17, 15) is 4.79 Å². The highest BCUT2D eigenvalue weighted by Gasteiger charge is 2.21. The van der Waals surface area contributed by atoms with Gasteiger partial charge in [-0.15, -0.1) is 0 Å². The SMILES string of the molecule is CC(C)[C@H](C)Oc1ccnc(-c2ccnc(Nc3ccc4[nH]c(C(=O)N5CCN(C)CC5)cc4c3)n2)c1. The highest BCUT2D eigenvalue weighted by atomic mass is 16.5. The van der Waals surface area contributed by atoms with Gasteiger partial charge in [0.05, 0.1) is 17.5 Å². The number of hydrogen-bond acceptors (Lipinski definition) is 7. The van der Waals surface area contributed by atoms with Crippen LogP contribution in [0.1, 0.15) is 31.3 Å². The normalized spacial score (nSPS) is 15.2. The summed E-state index contributed by atoms with van der Waals surface area (Å²) < 4.78 is 6.04. The predicted octanol–water partition coefficient (Wildman–Crippen LogP) is 4.57. The molecule has 5 rings (SSSR count). The number of piperazine rings is 1. The van der Waals surface area contributed by atoms with Crippen molar-refractivity contribution in [3.63, 3.8) is 0 Å². The lowest BCUT2D eigenvalue weighted by molar-refractivity contribution is 0.0659. The maximum Gasteiger partial charge on any atom is 0.270 e. The van der Waals surface area contributed by atoms with Gasteiger partial charge in [-0.2, -0.15) is 0 Å². The Labute approximate surface area is 216 Å². The summed E-state index contributed by atoms with van der Waals surface area (Å²) >= 11 is 0. The number of anilines is 2. The first-order valence-electron chi connectivity index (χ1n) is 12.7. The van der Waals surface area contributed by atoms with Crippen molar-refractivity contribution in [2.75, 3.05) is 38.5 Å². The standard InChI is InChI=1S/C28H33N7O2/c1-18(2)19(3)37-22-7-9-29-25(17-22)24-8-10-30-28(33-24)31-21-5-6-23-20(15-21)16-26(32-23)27(36)35-13-11-34(4)12-14-35/h5-10,15-19,32H,11-14H2,1-4H3,(H,30,31,33)/t19-/m0/s1. The Morgan fingerprint density at radius 1 is 0.973 bits per heavy atom. The summed E-state index contributed by atoms with van der Waals surface area (Å²) in [4.78, 5) is 33.9. The molecule has 0 bridgehead atoms. The summed E-state index contributed by atoms with van der Waals surface area (Å²) in [6.07, 6.45) is 3.53. The van der Waals surface area contributed by atoms with E-state index in [0.717, 1.165) is 48.5 Å².